The number of hydrogen-bond acceptors (Lipinski definition) is 3. The first-order valence-electron chi connectivity index (χ1n) is 8.46. The Balaban J connectivity index is 1.89. The molecule has 0 aliphatic carbocycles. The molecule has 0 bridgehead atoms. The van der Waals surface area contributed by atoms with Crippen molar-refractivity contribution in [2.45, 2.75) is 19.5 Å². The number of rotatable bonds is 5. The van der Waals surface area contributed by atoms with Gasteiger partial charge in [0.25, 0.3) is 5.91 Å². The summed E-state index contributed by atoms with van der Waals surface area (Å²) in [6.45, 7) is 2.82. The quantitative estimate of drug-likeness (QED) is 0.595. The monoisotopic (exact) mass is 376 g/mol. The molecule has 142 valence electrons. The van der Waals surface area contributed by atoms with Gasteiger partial charge in [0.05, 0.1) is 16.6 Å². The molecule has 8 heteroatoms. The molecule has 1 aromatic heterocycles. The summed E-state index contributed by atoms with van der Waals surface area (Å²) in [4.78, 5) is 19.4. The summed E-state index contributed by atoms with van der Waals surface area (Å²) >= 11 is 0. The first-order chi connectivity index (χ1) is 12.8. The van der Waals surface area contributed by atoms with Crippen molar-refractivity contribution < 1.29 is 18.0 Å². The zero-order valence-electron chi connectivity index (χ0n) is 14.7. The van der Waals surface area contributed by atoms with E-state index in [2.05, 4.69) is 15.3 Å². The van der Waals surface area contributed by atoms with E-state index in [-0.39, 0.29) is 5.91 Å². The molecule has 0 aliphatic heterocycles. The Morgan fingerprint density at radius 2 is 2.00 bits per heavy atom. The van der Waals surface area contributed by atoms with Gasteiger partial charge in [0.1, 0.15) is 5.82 Å². The molecule has 0 unspecified atom stereocenters. The van der Waals surface area contributed by atoms with Gasteiger partial charge < -0.3 is 16.0 Å². The summed E-state index contributed by atoms with van der Waals surface area (Å²) in [5, 5.41) is 2.78. The van der Waals surface area contributed by atoms with Gasteiger partial charge in [-0.2, -0.15) is 13.2 Å². The number of carbonyl (C=O) groups is 1. The number of fused-ring (bicyclic) bond motifs is 1. The van der Waals surface area contributed by atoms with E-state index in [9.17, 15) is 18.0 Å². The van der Waals surface area contributed by atoms with Crippen molar-refractivity contribution in [3.8, 4) is 11.4 Å². The van der Waals surface area contributed by atoms with Crippen molar-refractivity contribution in [2.24, 2.45) is 5.73 Å². The van der Waals surface area contributed by atoms with Crippen LogP contribution in [0.15, 0.2) is 36.4 Å². The van der Waals surface area contributed by atoms with Gasteiger partial charge in [-0.1, -0.05) is 6.07 Å². The smallest absolute Gasteiger partial charge is 0.352 e. The van der Waals surface area contributed by atoms with Crippen LogP contribution in [0.3, 0.4) is 0 Å². The maximum absolute atomic E-state index is 12.9. The normalized spacial score (nSPS) is 11.7. The Kier molecular flexibility index (Phi) is 5.18. The zero-order chi connectivity index (χ0) is 19.6. The average Bonchev–Trinajstić information content (AvgIpc) is 3.03. The highest BCUT2D eigenvalue weighted by molar-refractivity contribution is 5.95. The fourth-order valence-corrected chi connectivity index (χ4v) is 2.79. The molecule has 0 aliphatic rings. The number of imidazole rings is 1. The summed E-state index contributed by atoms with van der Waals surface area (Å²) in [6.07, 6.45) is -3.71. The van der Waals surface area contributed by atoms with E-state index in [1.807, 2.05) is 6.92 Å². The van der Waals surface area contributed by atoms with E-state index in [0.29, 0.717) is 41.9 Å². The third kappa shape index (κ3) is 4.11. The molecule has 0 saturated heterocycles. The number of aryl methyl sites for hydroxylation is 1. The second-order valence-electron chi connectivity index (χ2n) is 6.24. The van der Waals surface area contributed by atoms with E-state index in [0.717, 1.165) is 23.3 Å². The number of aromatic amines is 1. The molecule has 0 fully saturated rings. The van der Waals surface area contributed by atoms with Crippen molar-refractivity contribution in [1.29, 1.82) is 0 Å². The zero-order valence-corrected chi connectivity index (χ0v) is 14.7. The number of hydrogen-bond donors (Lipinski definition) is 3. The van der Waals surface area contributed by atoms with Gasteiger partial charge in [0.15, 0.2) is 0 Å². The lowest BCUT2D eigenvalue weighted by Crippen LogP contribution is -2.26. The van der Waals surface area contributed by atoms with E-state index >= 15 is 0 Å². The van der Waals surface area contributed by atoms with Crippen LogP contribution in [0.4, 0.5) is 13.2 Å². The highest BCUT2D eigenvalue weighted by Gasteiger charge is 2.30. The number of nitrogens with two attached hydrogens (primary N) is 1. The van der Waals surface area contributed by atoms with Crippen molar-refractivity contribution in [2.75, 3.05) is 13.1 Å². The molecule has 27 heavy (non-hydrogen) atoms. The second kappa shape index (κ2) is 7.40. The number of nitrogens with zero attached hydrogens (tertiary/aromatic N) is 1. The summed E-state index contributed by atoms with van der Waals surface area (Å²) in [5.41, 5.74) is 7.44. The standard InChI is InChI=1S/C19H19F3N4O/c1-11-9-12(18(27)24-8-2-7-23)3-5-14(11)17-25-15-6-4-13(19(20,21)22)10-16(15)26-17/h3-6,9-10H,2,7-8,23H2,1H3,(H,24,27)(H,25,26). The van der Waals surface area contributed by atoms with E-state index < -0.39 is 11.7 Å². The predicted molar refractivity (Wildman–Crippen MR) is 97.3 cm³/mol. The first kappa shape index (κ1) is 18.9. The number of halogens is 3. The van der Waals surface area contributed by atoms with Gasteiger partial charge in [0.2, 0.25) is 0 Å². The predicted octanol–water partition coefficient (Wildman–Crippen LogP) is 3.64. The van der Waals surface area contributed by atoms with Crippen molar-refractivity contribution >= 4 is 16.9 Å². The van der Waals surface area contributed by atoms with Crippen LogP contribution in [0.25, 0.3) is 22.4 Å². The van der Waals surface area contributed by atoms with Crippen LogP contribution in [0.2, 0.25) is 0 Å². The molecule has 3 rings (SSSR count). The fraction of sp³-hybridized carbons (Fsp3) is 0.263. The van der Waals surface area contributed by atoms with Crippen molar-refractivity contribution in [3.63, 3.8) is 0 Å². The Morgan fingerprint density at radius 3 is 2.67 bits per heavy atom. The third-order valence-corrected chi connectivity index (χ3v) is 4.22. The molecular formula is C19H19F3N4O. The minimum absolute atomic E-state index is 0.197. The molecular weight excluding hydrogens is 357 g/mol. The Bertz CT molecular complexity index is 979. The number of aromatic nitrogens is 2. The summed E-state index contributed by atoms with van der Waals surface area (Å²) < 4.78 is 38.6. The molecule has 4 N–H and O–H groups in total. The second-order valence-corrected chi connectivity index (χ2v) is 6.24. The van der Waals surface area contributed by atoms with Crippen molar-refractivity contribution in [3.05, 3.63) is 53.1 Å². The van der Waals surface area contributed by atoms with Crippen molar-refractivity contribution in [1.82, 2.24) is 15.3 Å². The van der Waals surface area contributed by atoms with Crippen LogP contribution in [-0.2, 0) is 6.18 Å². The molecule has 0 saturated carbocycles. The number of amides is 1. The Labute approximate surface area is 153 Å². The van der Waals surface area contributed by atoms with Crippen LogP contribution >= 0.6 is 0 Å². The largest absolute Gasteiger partial charge is 0.416 e. The number of benzene rings is 2. The molecule has 0 atom stereocenters. The van der Waals surface area contributed by atoms with E-state index in [1.54, 1.807) is 18.2 Å². The van der Waals surface area contributed by atoms with Crippen LogP contribution in [0.1, 0.15) is 27.9 Å². The molecule has 2 aromatic carbocycles. The number of H-pyrrole nitrogens is 1. The number of nitrogens with one attached hydrogen (secondary N) is 2. The SMILES string of the molecule is Cc1cc(C(=O)NCCCN)ccc1-c1nc2ccc(C(F)(F)F)cc2[nH]1. The summed E-state index contributed by atoms with van der Waals surface area (Å²) in [5.74, 6) is 0.259. The van der Waals surface area contributed by atoms with Crippen LogP contribution in [-0.4, -0.2) is 29.0 Å². The van der Waals surface area contributed by atoms with Gasteiger partial charge in [0, 0.05) is 17.7 Å². The van der Waals surface area contributed by atoms with Gasteiger partial charge in [-0.3, -0.25) is 4.79 Å². The molecule has 0 spiro atoms. The minimum Gasteiger partial charge on any atom is -0.352 e. The topological polar surface area (TPSA) is 83.8 Å². The highest BCUT2D eigenvalue weighted by Crippen LogP contribution is 2.32. The lowest BCUT2D eigenvalue weighted by molar-refractivity contribution is -0.137. The summed E-state index contributed by atoms with van der Waals surface area (Å²) in [7, 11) is 0. The molecule has 1 heterocycles. The lowest BCUT2D eigenvalue weighted by Gasteiger charge is -2.07. The lowest BCUT2D eigenvalue weighted by atomic mass is 10.0. The molecule has 3 aromatic rings. The summed E-state index contributed by atoms with van der Waals surface area (Å²) in [6, 6.07) is 8.51. The molecule has 1 amide bonds. The maximum atomic E-state index is 12.9. The van der Waals surface area contributed by atoms with Gasteiger partial charge in [-0.25, -0.2) is 4.98 Å². The Hall–Kier alpha value is -2.87. The van der Waals surface area contributed by atoms with Crippen LogP contribution in [0, 0.1) is 6.92 Å². The fourth-order valence-electron chi connectivity index (χ4n) is 2.79. The third-order valence-electron chi connectivity index (χ3n) is 4.22. The first-order valence-corrected chi connectivity index (χ1v) is 8.46. The van der Waals surface area contributed by atoms with Gasteiger partial charge >= 0.3 is 6.18 Å². The van der Waals surface area contributed by atoms with Crippen LogP contribution in [0.5, 0.6) is 0 Å². The van der Waals surface area contributed by atoms with E-state index in [1.165, 1.54) is 6.07 Å². The Morgan fingerprint density at radius 1 is 1.22 bits per heavy atom. The number of alkyl halides is 3. The maximum Gasteiger partial charge on any atom is 0.416 e. The molecule has 5 nitrogen and oxygen atoms in total. The van der Waals surface area contributed by atoms with Crippen LogP contribution < -0.4 is 11.1 Å². The number of carbonyl (C=O) groups excluding carboxylic acids is 1. The highest BCUT2D eigenvalue weighted by atomic mass is 19.4. The molecule has 0 radical (unpaired) electrons. The van der Waals surface area contributed by atoms with Gasteiger partial charge in [-0.15, -0.1) is 0 Å². The average molecular weight is 376 g/mol. The van der Waals surface area contributed by atoms with Gasteiger partial charge in [-0.05, 0) is 55.8 Å². The minimum atomic E-state index is -4.41. The van der Waals surface area contributed by atoms with E-state index in [4.69, 9.17) is 5.73 Å².